The summed E-state index contributed by atoms with van der Waals surface area (Å²) >= 11 is 0. The maximum Gasteiger partial charge on any atom is 0.291 e. The van der Waals surface area contributed by atoms with Crippen LogP contribution in [0.25, 0.3) is 0 Å². The summed E-state index contributed by atoms with van der Waals surface area (Å²) < 4.78 is 15.9. The lowest BCUT2D eigenvalue weighted by atomic mass is 10.2. The third-order valence-corrected chi connectivity index (χ3v) is 3.61. The van der Waals surface area contributed by atoms with Crippen LogP contribution < -0.4 is 10.1 Å². The number of nitrogens with zero attached hydrogens (tertiary/aromatic N) is 2. The Labute approximate surface area is 142 Å². The Morgan fingerprint density at radius 3 is 2.88 bits per heavy atom. The largest absolute Gasteiger partial charge is 0.497 e. The van der Waals surface area contributed by atoms with Crippen LogP contribution in [-0.2, 0) is 9.47 Å². The highest BCUT2D eigenvalue weighted by Gasteiger charge is 2.12. The van der Waals surface area contributed by atoms with E-state index < -0.39 is 0 Å². The van der Waals surface area contributed by atoms with E-state index >= 15 is 0 Å². The van der Waals surface area contributed by atoms with Crippen LogP contribution in [0.15, 0.2) is 29.3 Å². The van der Waals surface area contributed by atoms with E-state index in [2.05, 4.69) is 15.2 Å². The molecule has 132 valence electrons. The fourth-order valence-corrected chi connectivity index (χ4v) is 2.31. The highest BCUT2D eigenvalue weighted by Crippen LogP contribution is 2.12. The van der Waals surface area contributed by atoms with E-state index in [1.54, 1.807) is 31.4 Å². The molecule has 1 aliphatic rings. The first-order chi connectivity index (χ1) is 11.7. The predicted octanol–water partition coefficient (Wildman–Crippen LogP) is 1.15. The van der Waals surface area contributed by atoms with Crippen molar-refractivity contribution in [2.75, 3.05) is 53.1 Å². The van der Waals surface area contributed by atoms with Gasteiger partial charge in [-0.1, -0.05) is 6.07 Å². The second kappa shape index (κ2) is 9.89. The Hall–Kier alpha value is -2.12. The number of carbonyl (C=O) groups is 1. The molecule has 0 aromatic heterocycles. The molecule has 1 saturated heterocycles. The van der Waals surface area contributed by atoms with Gasteiger partial charge < -0.3 is 14.2 Å². The Morgan fingerprint density at radius 2 is 2.17 bits per heavy atom. The van der Waals surface area contributed by atoms with Gasteiger partial charge in [-0.05, 0) is 25.1 Å². The summed E-state index contributed by atoms with van der Waals surface area (Å²) in [4.78, 5) is 19.0. The summed E-state index contributed by atoms with van der Waals surface area (Å²) in [5, 5.41) is 2.71. The van der Waals surface area contributed by atoms with Crippen molar-refractivity contribution in [2.45, 2.75) is 6.92 Å². The summed E-state index contributed by atoms with van der Waals surface area (Å²) in [5.74, 6) is 0.359. The topological polar surface area (TPSA) is 72.4 Å². The van der Waals surface area contributed by atoms with E-state index in [-0.39, 0.29) is 11.9 Å². The third-order valence-electron chi connectivity index (χ3n) is 3.61. The van der Waals surface area contributed by atoms with E-state index in [9.17, 15) is 4.79 Å². The van der Waals surface area contributed by atoms with Gasteiger partial charge in [0.15, 0.2) is 0 Å². The number of ether oxygens (including phenoxy) is 3. The number of amidine groups is 1. The standard InChI is InChI=1S/C17H25N3O4/c1-3-24-17(18-7-8-20-9-11-23-12-10-20)19-16(21)14-5-4-6-15(13-14)22-2/h4-6,13H,3,7-12H2,1-2H3,(H,18,19,21). The fourth-order valence-electron chi connectivity index (χ4n) is 2.31. The van der Waals surface area contributed by atoms with Crippen molar-refractivity contribution in [1.29, 1.82) is 0 Å². The zero-order valence-corrected chi connectivity index (χ0v) is 14.3. The minimum atomic E-state index is -0.271. The number of benzene rings is 1. The maximum atomic E-state index is 12.3. The molecule has 0 saturated carbocycles. The molecule has 1 amide bonds. The second-order valence-corrected chi connectivity index (χ2v) is 5.26. The number of nitrogens with one attached hydrogen (secondary N) is 1. The summed E-state index contributed by atoms with van der Waals surface area (Å²) in [6.07, 6.45) is 0. The predicted molar refractivity (Wildman–Crippen MR) is 91.6 cm³/mol. The van der Waals surface area contributed by atoms with Crippen LogP contribution in [0.4, 0.5) is 0 Å². The van der Waals surface area contributed by atoms with Gasteiger partial charge >= 0.3 is 0 Å². The molecule has 1 fully saturated rings. The van der Waals surface area contributed by atoms with Crippen molar-refractivity contribution in [2.24, 2.45) is 4.99 Å². The first-order valence-corrected chi connectivity index (χ1v) is 8.15. The molecule has 2 rings (SSSR count). The minimum absolute atomic E-state index is 0.249. The molecule has 0 bridgehead atoms. The van der Waals surface area contributed by atoms with Crippen LogP contribution >= 0.6 is 0 Å². The molecule has 1 N–H and O–H groups in total. The number of hydrogen-bond acceptors (Lipinski definition) is 6. The molecule has 7 nitrogen and oxygen atoms in total. The van der Waals surface area contributed by atoms with E-state index in [4.69, 9.17) is 14.2 Å². The first kappa shape index (κ1) is 18.2. The molecule has 1 heterocycles. The Morgan fingerprint density at radius 1 is 1.38 bits per heavy atom. The van der Waals surface area contributed by atoms with Crippen LogP contribution in [0.2, 0.25) is 0 Å². The van der Waals surface area contributed by atoms with Gasteiger partial charge in [0, 0.05) is 25.2 Å². The molecule has 7 heteroatoms. The molecular formula is C17H25N3O4. The fraction of sp³-hybridized carbons (Fsp3) is 0.529. The molecule has 0 unspecified atom stereocenters. The average Bonchev–Trinajstić information content (AvgIpc) is 2.62. The molecule has 24 heavy (non-hydrogen) atoms. The van der Waals surface area contributed by atoms with Gasteiger partial charge in [-0.2, -0.15) is 0 Å². The highest BCUT2D eigenvalue weighted by molar-refractivity contribution is 6.04. The molecular weight excluding hydrogens is 310 g/mol. The van der Waals surface area contributed by atoms with Gasteiger partial charge in [-0.25, -0.2) is 4.99 Å². The van der Waals surface area contributed by atoms with Crippen LogP contribution in [0, 0.1) is 0 Å². The molecule has 0 spiro atoms. The van der Waals surface area contributed by atoms with E-state index in [1.165, 1.54) is 0 Å². The molecule has 1 aromatic rings. The monoisotopic (exact) mass is 335 g/mol. The molecule has 0 radical (unpaired) electrons. The third kappa shape index (κ3) is 5.82. The van der Waals surface area contributed by atoms with Crippen molar-refractivity contribution in [3.63, 3.8) is 0 Å². The van der Waals surface area contributed by atoms with E-state index in [1.807, 2.05) is 6.92 Å². The van der Waals surface area contributed by atoms with Crippen LogP contribution in [0.3, 0.4) is 0 Å². The van der Waals surface area contributed by atoms with Crippen LogP contribution in [0.1, 0.15) is 17.3 Å². The SMILES string of the molecule is CCOC(=NCCN1CCOCC1)NC(=O)c1cccc(OC)c1. The van der Waals surface area contributed by atoms with E-state index in [0.717, 1.165) is 32.8 Å². The lowest BCUT2D eigenvalue weighted by molar-refractivity contribution is 0.0394. The van der Waals surface area contributed by atoms with Crippen molar-refractivity contribution in [1.82, 2.24) is 10.2 Å². The number of amides is 1. The zero-order chi connectivity index (χ0) is 17.2. The van der Waals surface area contributed by atoms with Crippen molar-refractivity contribution < 1.29 is 19.0 Å². The van der Waals surface area contributed by atoms with E-state index in [0.29, 0.717) is 24.5 Å². The second-order valence-electron chi connectivity index (χ2n) is 5.26. The van der Waals surface area contributed by atoms with Gasteiger partial charge in [-0.3, -0.25) is 15.0 Å². The lowest BCUT2D eigenvalue weighted by Gasteiger charge is -2.25. The molecule has 1 aliphatic heterocycles. The number of morpholine rings is 1. The molecule has 0 aliphatic carbocycles. The molecule has 0 atom stereocenters. The van der Waals surface area contributed by atoms with Crippen LogP contribution in [0.5, 0.6) is 5.75 Å². The van der Waals surface area contributed by atoms with Crippen molar-refractivity contribution >= 4 is 11.9 Å². The quantitative estimate of drug-likeness (QED) is 0.624. The van der Waals surface area contributed by atoms with Gasteiger partial charge in [0.1, 0.15) is 5.75 Å². The van der Waals surface area contributed by atoms with Gasteiger partial charge in [0.05, 0.1) is 33.5 Å². The van der Waals surface area contributed by atoms with Gasteiger partial charge in [0.25, 0.3) is 11.9 Å². The maximum absolute atomic E-state index is 12.3. The highest BCUT2D eigenvalue weighted by atomic mass is 16.5. The summed E-state index contributed by atoms with van der Waals surface area (Å²) in [5.41, 5.74) is 0.495. The lowest BCUT2D eigenvalue weighted by Crippen LogP contribution is -2.38. The van der Waals surface area contributed by atoms with Crippen LogP contribution in [-0.4, -0.2) is 69.9 Å². The summed E-state index contributed by atoms with van der Waals surface area (Å²) in [6, 6.07) is 7.20. The number of aliphatic imine (C=N–C) groups is 1. The van der Waals surface area contributed by atoms with Gasteiger partial charge in [0.2, 0.25) is 0 Å². The van der Waals surface area contributed by atoms with Crippen molar-refractivity contribution in [3.8, 4) is 5.75 Å². The van der Waals surface area contributed by atoms with Crippen molar-refractivity contribution in [3.05, 3.63) is 29.8 Å². The first-order valence-electron chi connectivity index (χ1n) is 8.15. The molecule has 1 aromatic carbocycles. The normalized spacial score (nSPS) is 15.8. The number of methoxy groups -OCH3 is 1. The zero-order valence-electron chi connectivity index (χ0n) is 14.3. The average molecular weight is 335 g/mol. The Bertz CT molecular complexity index is 557. The summed E-state index contributed by atoms with van der Waals surface area (Å²) in [7, 11) is 1.57. The minimum Gasteiger partial charge on any atom is -0.497 e. The van der Waals surface area contributed by atoms with Gasteiger partial charge in [-0.15, -0.1) is 0 Å². The number of hydrogen-bond donors (Lipinski definition) is 1. The smallest absolute Gasteiger partial charge is 0.291 e. The Kier molecular flexibility index (Phi) is 7.51. The Balaban J connectivity index is 1.90. The number of carbonyl (C=O) groups excluding carboxylic acids is 1. The summed E-state index contributed by atoms with van der Waals surface area (Å²) in [6.45, 7) is 7.02. The number of rotatable bonds is 6.